The van der Waals surface area contributed by atoms with Crippen LogP contribution >= 0.6 is 0 Å². The van der Waals surface area contributed by atoms with Gasteiger partial charge in [0.15, 0.2) is 0 Å². The Morgan fingerprint density at radius 1 is 1.30 bits per heavy atom. The lowest BCUT2D eigenvalue weighted by atomic mass is 10.1. The summed E-state index contributed by atoms with van der Waals surface area (Å²) in [5, 5.41) is 12.9. The van der Waals surface area contributed by atoms with Gasteiger partial charge in [0.1, 0.15) is 5.56 Å². The fraction of sp³-hybridized carbons (Fsp3) is 0.231. The molecule has 2 aromatic rings. The molecular weight excluding hydrogens is 273 g/mol. The molecule has 0 amide bonds. The number of halogens is 3. The van der Waals surface area contributed by atoms with Crippen LogP contribution in [-0.2, 0) is 12.6 Å². The number of benzene rings is 1. The van der Waals surface area contributed by atoms with Crippen LogP contribution in [0.4, 0.5) is 13.2 Å². The van der Waals surface area contributed by atoms with Crippen molar-refractivity contribution < 1.29 is 23.1 Å². The molecule has 0 aliphatic carbocycles. The number of hydrogen-bond donors (Lipinski definition) is 1. The third-order valence-electron chi connectivity index (χ3n) is 2.87. The van der Waals surface area contributed by atoms with E-state index >= 15 is 0 Å². The van der Waals surface area contributed by atoms with Crippen LogP contribution < -0.4 is 0 Å². The van der Waals surface area contributed by atoms with Crippen LogP contribution in [0, 0.1) is 0 Å². The van der Waals surface area contributed by atoms with E-state index in [1.807, 2.05) is 0 Å². The molecule has 0 saturated heterocycles. The second-order valence-corrected chi connectivity index (χ2v) is 4.12. The number of carboxylic acid groups (broad SMARTS) is 1. The molecule has 0 bridgehead atoms. The first kappa shape index (κ1) is 14.1. The lowest BCUT2D eigenvalue weighted by Crippen LogP contribution is -2.07. The predicted molar refractivity (Wildman–Crippen MR) is 64.9 cm³/mol. The van der Waals surface area contributed by atoms with Crippen LogP contribution in [0.3, 0.4) is 0 Å². The number of alkyl halides is 3. The summed E-state index contributed by atoms with van der Waals surface area (Å²) in [7, 11) is 0. The summed E-state index contributed by atoms with van der Waals surface area (Å²) in [6, 6.07) is 4.41. The standard InChI is InChI=1S/C13H11F3N2O2/c1-2-11-10(12(19)20)7-17-18(11)9-5-3-8(4-6-9)13(14,15)16/h3-7H,2H2,1H3,(H,19,20). The fourth-order valence-electron chi connectivity index (χ4n) is 1.91. The maximum atomic E-state index is 12.5. The third-order valence-corrected chi connectivity index (χ3v) is 2.87. The summed E-state index contributed by atoms with van der Waals surface area (Å²) >= 11 is 0. The Labute approximate surface area is 112 Å². The van der Waals surface area contributed by atoms with Crippen molar-refractivity contribution in [1.29, 1.82) is 0 Å². The maximum Gasteiger partial charge on any atom is 0.416 e. The topological polar surface area (TPSA) is 55.1 Å². The molecule has 1 aromatic heterocycles. The zero-order chi connectivity index (χ0) is 14.9. The van der Waals surface area contributed by atoms with Crippen molar-refractivity contribution in [2.45, 2.75) is 19.5 Å². The molecule has 1 heterocycles. The van der Waals surface area contributed by atoms with Gasteiger partial charge in [0.2, 0.25) is 0 Å². The summed E-state index contributed by atoms with van der Waals surface area (Å²) in [6.07, 6.45) is -2.80. The minimum atomic E-state index is -4.40. The molecule has 4 nitrogen and oxygen atoms in total. The first-order chi connectivity index (χ1) is 9.34. The molecule has 2 rings (SSSR count). The Morgan fingerprint density at radius 2 is 1.90 bits per heavy atom. The molecule has 1 N–H and O–H groups in total. The molecule has 1 aromatic carbocycles. The molecule has 20 heavy (non-hydrogen) atoms. The fourth-order valence-corrected chi connectivity index (χ4v) is 1.91. The van der Waals surface area contributed by atoms with E-state index in [0.717, 1.165) is 12.1 Å². The minimum Gasteiger partial charge on any atom is -0.478 e. The minimum absolute atomic E-state index is 0.0485. The van der Waals surface area contributed by atoms with Gasteiger partial charge in [-0.15, -0.1) is 0 Å². The van der Waals surface area contributed by atoms with Crippen LogP contribution in [0.25, 0.3) is 5.69 Å². The zero-order valence-electron chi connectivity index (χ0n) is 10.5. The van der Waals surface area contributed by atoms with E-state index < -0.39 is 17.7 Å². The van der Waals surface area contributed by atoms with Gasteiger partial charge in [-0.05, 0) is 30.7 Å². The highest BCUT2D eigenvalue weighted by atomic mass is 19.4. The molecule has 7 heteroatoms. The number of hydrogen-bond acceptors (Lipinski definition) is 2. The van der Waals surface area contributed by atoms with Gasteiger partial charge in [0, 0.05) is 0 Å². The molecular formula is C13H11F3N2O2. The second-order valence-electron chi connectivity index (χ2n) is 4.12. The normalized spacial score (nSPS) is 11.6. The SMILES string of the molecule is CCc1c(C(=O)O)cnn1-c1ccc(C(F)(F)F)cc1. The van der Waals surface area contributed by atoms with Gasteiger partial charge in [-0.25, -0.2) is 9.48 Å². The van der Waals surface area contributed by atoms with E-state index in [2.05, 4.69) is 5.10 Å². The van der Waals surface area contributed by atoms with Gasteiger partial charge in [-0.1, -0.05) is 6.92 Å². The number of rotatable bonds is 3. The number of aromatic nitrogens is 2. The summed E-state index contributed by atoms with van der Waals surface area (Å²) < 4.78 is 38.8. The summed E-state index contributed by atoms with van der Waals surface area (Å²) in [5.74, 6) is -1.11. The number of carbonyl (C=O) groups is 1. The maximum absolute atomic E-state index is 12.5. The van der Waals surface area contributed by atoms with Crippen LogP contribution in [-0.4, -0.2) is 20.9 Å². The first-order valence-corrected chi connectivity index (χ1v) is 5.82. The molecule has 0 radical (unpaired) electrons. The van der Waals surface area contributed by atoms with Crippen LogP contribution in [0.1, 0.15) is 28.5 Å². The second kappa shape index (κ2) is 4.99. The third kappa shape index (κ3) is 2.52. The van der Waals surface area contributed by atoms with Crippen molar-refractivity contribution in [3.63, 3.8) is 0 Å². The Balaban J connectivity index is 2.45. The smallest absolute Gasteiger partial charge is 0.416 e. The largest absolute Gasteiger partial charge is 0.478 e. The van der Waals surface area contributed by atoms with E-state index in [1.165, 1.54) is 23.0 Å². The average Bonchev–Trinajstić information content (AvgIpc) is 2.81. The van der Waals surface area contributed by atoms with Crippen molar-refractivity contribution in [1.82, 2.24) is 9.78 Å². The van der Waals surface area contributed by atoms with Crippen molar-refractivity contribution >= 4 is 5.97 Å². The lowest BCUT2D eigenvalue weighted by molar-refractivity contribution is -0.137. The molecule has 106 valence electrons. The van der Waals surface area contributed by atoms with E-state index in [-0.39, 0.29) is 5.56 Å². The lowest BCUT2D eigenvalue weighted by Gasteiger charge is -2.09. The van der Waals surface area contributed by atoms with Crippen LogP contribution in [0.5, 0.6) is 0 Å². The van der Waals surface area contributed by atoms with E-state index in [0.29, 0.717) is 17.8 Å². The van der Waals surface area contributed by atoms with Gasteiger partial charge in [-0.3, -0.25) is 0 Å². The van der Waals surface area contributed by atoms with Crippen molar-refractivity contribution in [2.24, 2.45) is 0 Å². The molecule has 0 unspecified atom stereocenters. The van der Waals surface area contributed by atoms with Crippen molar-refractivity contribution in [3.8, 4) is 5.69 Å². The van der Waals surface area contributed by atoms with Gasteiger partial charge in [0.25, 0.3) is 0 Å². The van der Waals surface area contributed by atoms with Gasteiger partial charge < -0.3 is 5.11 Å². The monoisotopic (exact) mass is 284 g/mol. The molecule has 0 aliphatic heterocycles. The number of nitrogens with zero attached hydrogens (tertiary/aromatic N) is 2. The summed E-state index contributed by atoms with van der Waals surface area (Å²) in [6.45, 7) is 1.75. The van der Waals surface area contributed by atoms with E-state index in [1.54, 1.807) is 6.92 Å². The zero-order valence-corrected chi connectivity index (χ0v) is 10.5. The van der Waals surface area contributed by atoms with Crippen LogP contribution in [0.2, 0.25) is 0 Å². The molecule has 0 aliphatic rings. The quantitative estimate of drug-likeness (QED) is 0.942. The highest BCUT2D eigenvalue weighted by molar-refractivity contribution is 5.88. The molecule has 0 fully saturated rings. The average molecular weight is 284 g/mol. The molecule has 0 saturated carbocycles. The van der Waals surface area contributed by atoms with Crippen molar-refractivity contribution in [3.05, 3.63) is 47.3 Å². The van der Waals surface area contributed by atoms with E-state index in [4.69, 9.17) is 5.11 Å². The summed E-state index contributed by atoms with van der Waals surface area (Å²) in [4.78, 5) is 11.0. The Morgan fingerprint density at radius 3 is 2.35 bits per heavy atom. The van der Waals surface area contributed by atoms with Gasteiger partial charge >= 0.3 is 12.1 Å². The number of aromatic carboxylic acids is 1. The highest BCUT2D eigenvalue weighted by Gasteiger charge is 2.30. The van der Waals surface area contributed by atoms with Crippen LogP contribution in [0.15, 0.2) is 30.5 Å². The van der Waals surface area contributed by atoms with E-state index in [9.17, 15) is 18.0 Å². The predicted octanol–water partition coefficient (Wildman–Crippen LogP) is 3.15. The Hall–Kier alpha value is -2.31. The molecule has 0 atom stereocenters. The van der Waals surface area contributed by atoms with Gasteiger partial charge in [0.05, 0.1) is 23.1 Å². The number of carboxylic acids is 1. The molecule has 0 spiro atoms. The van der Waals surface area contributed by atoms with Gasteiger partial charge in [-0.2, -0.15) is 18.3 Å². The Kier molecular flexibility index (Phi) is 3.52. The van der Waals surface area contributed by atoms with Crippen molar-refractivity contribution in [2.75, 3.05) is 0 Å². The Bertz CT molecular complexity index is 630. The first-order valence-electron chi connectivity index (χ1n) is 5.82. The highest BCUT2D eigenvalue weighted by Crippen LogP contribution is 2.29. The summed E-state index contributed by atoms with van der Waals surface area (Å²) in [5.41, 5.74) is 0.122.